The van der Waals surface area contributed by atoms with Crippen molar-refractivity contribution >= 4 is 17.3 Å². The molecule has 2 aliphatic rings. The summed E-state index contributed by atoms with van der Waals surface area (Å²) in [6.07, 6.45) is 6.03. The molecule has 0 spiro atoms. The second kappa shape index (κ2) is 5.34. The Labute approximate surface area is 120 Å². The Morgan fingerprint density at radius 2 is 2.26 bits per heavy atom. The molecule has 2 nitrogen and oxygen atoms in total. The van der Waals surface area contributed by atoms with E-state index >= 15 is 0 Å². The summed E-state index contributed by atoms with van der Waals surface area (Å²) in [4.78, 5) is 2.51. The maximum Gasteiger partial charge on any atom is 0.0642 e. The van der Waals surface area contributed by atoms with Gasteiger partial charge in [-0.1, -0.05) is 24.6 Å². The van der Waals surface area contributed by atoms with Crippen LogP contribution in [0.1, 0.15) is 38.2 Å². The third-order valence-electron chi connectivity index (χ3n) is 4.75. The van der Waals surface area contributed by atoms with Gasteiger partial charge in [-0.25, -0.2) is 0 Å². The quantitative estimate of drug-likeness (QED) is 0.912. The normalized spacial score (nSPS) is 27.0. The smallest absolute Gasteiger partial charge is 0.0642 e. The number of halogens is 1. The number of piperidine rings is 1. The average Bonchev–Trinajstić information content (AvgIpc) is 3.01. The standard InChI is InChI=1S/C16H23ClN2/c1-2-13(18)7-11-4-6-16(15(17)9-11)19-10-12-3-5-14(19)8-12/h4,6,9,12-14H,2-3,5,7-8,10,18H2,1H3. The summed E-state index contributed by atoms with van der Waals surface area (Å²) in [5, 5.41) is 0.897. The van der Waals surface area contributed by atoms with Crippen LogP contribution in [-0.2, 0) is 6.42 Å². The molecule has 2 bridgehead atoms. The minimum atomic E-state index is 0.240. The molecule has 1 saturated heterocycles. The monoisotopic (exact) mass is 278 g/mol. The first-order valence-electron chi connectivity index (χ1n) is 7.48. The molecule has 3 rings (SSSR count). The van der Waals surface area contributed by atoms with Gasteiger partial charge < -0.3 is 10.6 Å². The molecule has 1 saturated carbocycles. The SMILES string of the molecule is CCC(N)Cc1ccc(N2CC3CCC2C3)c(Cl)c1. The highest BCUT2D eigenvalue weighted by atomic mass is 35.5. The van der Waals surface area contributed by atoms with E-state index in [1.807, 2.05) is 0 Å². The Hall–Kier alpha value is -0.730. The van der Waals surface area contributed by atoms with Gasteiger partial charge >= 0.3 is 0 Å². The van der Waals surface area contributed by atoms with Gasteiger partial charge in [0, 0.05) is 18.6 Å². The Bertz CT molecular complexity index is 460. The van der Waals surface area contributed by atoms with Crippen molar-refractivity contribution in [3.8, 4) is 0 Å². The second-order valence-corrected chi connectivity index (χ2v) is 6.55. The van der Waals surface area contributed by atoms with Crippen molar-refractivity contribution in [1.29, 1.82) is 0 Å². The van der Waals surface area contributed by atoms with Crippen molar-refractivity contribution in [2.45, 2.75) is 51.1 Å². The molecule has 1 aliphatic heterocycles. The van der Waals surface area contributed by atoms with E-state index in [0.717, 1.165) is 29.8 Å². The third kappa shape index (κ3) is 2.61. The highest BCUT2D eigenvalue weighted by Crippen LogP contribution is 2.42. The first-order chi connectivity index (χ1) is 9.17. The van der Waals surface area contributed by atoms with Crippen LogP contribution in [0.4, 0.5) is 5.69 Å². The fraction of sp³-hybridized carbons (Fsp3) is 0.625. The fourth-order valence-electron chi connectivity index (χ4n) is 3.58. The van der Waals surface area contributed by atoms with Crippen molar-refractivity contribution in [1.82, 2.24) is 0 Å². The Morgan fingerprint density at radius 1 is 1.42 bits per heavy atom. The summed E-state index contributed by atoms with van der Waals surface area (Å²) in [6, 6.07) is 7.47. The van der Waals surface area contributed by atoms with E-state index in [4.69, 9.17) is 17.3 Å². The minimum absolute atomic E-state index is 0.240. The number of anilines is 1. The van der Waals surface area contributed by atoms with Crippen LogP contribution in [0.5, 0.6) is 0 Å². The Morgan fingerprint density at radius 3 is 2.84 bits per heavy atom. The molecule has 3 heteroatoms. The van der Waals surface area contributed by atoms with Crippen LogP contribution in [0.15, 0.2) is 18.2 Å². The van der Waals surface area contributed by atoms with Crippen LogP contribution < -0.4 is 10.6 Å². The molecule has 19 heavy (non-hydrogen) atoms. The zero-order valence-corrected chi connectivity index (χ0v) is 12.4. The zero-order valence-electron chi connectivity index (χ0n) is 11.6. The van der Waals surface area contributed by atoms with Crippen molar-refractivity contribution in [3.05, 3.63) is 28.8 Å². The van der Waals surface area contributed by atoms with Gasteiger partial charge in [0.2, 0.25) is 0 Å². The van der Waals surface area contributed by atoms with Crippen molar-refractivity contribution in [3.63, 3.8) is 0 Å². The van der Waals surface area contributed by atoms with E-state index < -0.39 is 0 Å². The first-order valence-corrected chi connectivity index (χ1v) is 7.85. The summed E-state index contributed by atoms with van der Waals surface area (Å²) in [5.41, 5.74) is 8.49. The molecule has 2 N–H and O–H groups in total. The van der Waals surface area contributed by atoms with E-state index in [1.165, 1.54) is 37.1 Å². The number of hydrogen-bond acceptors (Lipinski definition) is 2. The van der Waals surface area contributed by atoms with Gasteiger partial charge in [0.1, 0.15) is 0 Å². The Balaban J connectivity index is 1.76. The third-order valence-corrected chi connectivity index (χ3v) is 5.06. The molecule has 1 aromatic rings. The lowest BCUT2D eigenvalue weighted by atomic mass is 10.0. The summed E-state index contributed by atoms with van der Waals surface area (Å²) in [6.45, 7) is 3.32. The van der Waals surface area contributed by atoms with E-state index in [0.29, 0.717) is 0 Å². The molecule has 1 heterocycles. The molecular formula is C16H23ClN2. The van der Waals surface area contributed by atoms with Crippen LogP contribution in [-0.4, -0.2) is 18.6 Å². The van der Waals surface area contributed by atoms with Crippen LogP contribution in [0, 0.1) is 5.92 Å². The minimum Gasteiger partial charge on any atom is -0.367 e. The summed E-state index contributed by atoms with van der Waals surface area (Å²) in [5.74, 6) is 0.897. The summed E-state index contributed by atoms with van der Waals surface area (Å²) in [7, 11) is 0. The number of hydrogen-bond donors (Lipinski definition) is 1. The van der Waals surface area contributed by atoms with E-state index in [1.54, 1.807) is 0 Å². The van der Waals surface area contributed by atoms with Gasteiger partial charge in [-0.15, -0.1) is 0 Å². The number of benzene rings is 1. The van der Waals surface area contributed by atoms with E-state index in [2.05, 4.69) is 30.0 Å². The summed E-state index contributed by atoms with van der Waals surface area (Å²) < 4.78 is 0. The van der Waals surface area contributed by atoms with Gasteiger partial charge in [0.25, 0.3) is 0 Å². The molecule has 0 amide bonds. The van der Waals surface area contributed by atoms with Crippen LogP contribution in [0.3, 0.4) is 0 Å². The highest BCUT2D eigenvalue weighted by molar-refractivity contribution is 6.33. The van der Waals surface area contributed by atoms with E-state index in [9.17, 15) is 0 Å². The van der Waals surface area contributed by atoms with E-state index in [-0.39, 0.29) is 6.04 Å². The van der Waals surface area contributed by atoms with Crippen LogP contribution in [0.25, 0.3) is 0 Å². The largest absolute Gasteiger partial charge is 0.367 e. The zero-order chi connectivity index (χ0) is 13.4. The maximum atomic E-state index is 6.49. The number of nitrogens with zero attached hydrogens (tertiary/aromatic N) is 1. The predicted molar refractivity (Wildman–Crippen MR) is 81.9 cm³/mol. The van der Waals surface area contributed by atoms with Gasteiger partial charge in [-0.3, -0.25) is 0 Å². The van der Waals surface area contributed by atoms with Gasteiger partial charge in [0.05, 0.1) is 10.7 Å². The lowest BCUT2D eigenvalue weighted by Gasteiger charge is -2.30. The molecular weight excluding hydrogens is 256 g/mol. The number of rotatable bonds is 4. The van der Waals surface area contributed by atoms with Crippen LogP contribution in [0.2, 0.25) is 5.02 Å². The van der Waals surface area contributed by atoms with Gasteiger partial charge in [0.15, 0.2) is 0 Å². The molecule has 2 fully saturated rings. The van der Waals surface area contributed by atoms with Crippen molar-refractivity contribution in [2.24, 2.45) is 11.7 Å². The summed E-state index contributed by atoms with van der Waals surface area (Å²) >= 11 is 6.49. The molecule has 1 aromatic carbocycles. The molecule has 104 valence electrons. The molecule has 0 radical (unpaired) electrons. The molecule has 3 unspecified atom stereocenters. The topological polar surface area (TPSA) is 29.3 Å². The predicted octanol–water partition coefficient (Wildman–Crippen LogP) is 3.61. The molecule has 3 atom stereocenters. The maximum absolute atomic E-state index is 6.49. The van der Waals surface area contributed by atoms with Gasteiger partial charge in [-0.2, -0.15) is 0 Å². The highest BCUT2D eigenvalue weighted by Gasteiger charge is 2.38. The van der Waals surface area contributed by atoms with Gasteiger partial charge in [-0.05, 0) is 55.7 Å². The number of fused-ring (bicyclic) bond motifs is 2. The van der Waals surface area contributed by atoms with Crippen LogP contribution >= 0.6 is 11.6 Å². The average molecular weight is 279 g/mol. The molecule has 1 aliphatic carbocycles. The first kappa shape index (κ1) is 13.3. The molecule has 0 aromatic heterocycles. The number of nitrogens with two attached hydrogens (primary N) is 1. The van der Waals surface area contributed by atoms with Crippen molar-refractivity contribution in [2.75, 3.05) is 11.4 Å². The fourth-order valence-corrected chi connectivity index (χ4v) is 3.89. The second-order valence-electron chi connectivity index (χ2n) is 6.14. The lowest BCUT2D eigenvalue weighted by Crippen LogP contribution is -2.32. The Kier molecular flexibility index (Phi) is 3.72. The lowest BCUT2D eigenvalue weighted by molar-refractivity contribution is 0.553. The van der Waals surface area contributed by atoms with Crippen molar-refractivity contribution < 1.29 is 0 Å².